The SMILES string of the molecule is CC(NC(N)=NC1CC1)c1ccc(S(C)=O)cc1.I. The summed E-state index contributed by atoms with van der Waals surface area (Å²) in [6.07, 6.45) is 3.97. The van der Waals surface area contributed by atoms with Crippen molar-refractivity contribution in [2.45, 2.75) is 36.7 Å². The van der Waals surface area contributed by atoms with Crippen molar-refractivity contribution in [3.05, 3.63) is 29.8 Å². The molecule has 1 fully saturated rings. The first kappa shape index (κ1) is 16.4. The van der Waals surface area contributed by atoms with Crippen molar-refractivity contribution in [3.63, 3.8) is 0 Å². The Labute approximate surface area is 133 Å². The van der Waals surface area contributed by atoms with Crippen molar-refractivity contribution in [1.82, 2.24) is 5.32 Å². The summed E-state index contributed by atoms with van der Waals surface area (Å²) in [6, 6.07) is 8.24. The van der Waals surface area contributed by atoms with E-state index in [1.165, 1.54) is 0 Å². The third kappa shape index (κ3) is 5.10. The van der Waals surface area contributed by atoms with Crippen LogP contribution in [-0.4, -0.2) is 22.5 Å². The molecule has 1 aromatic carbocycles. The lowest BCUT2D eigenvalue weighted by Crippen LogP contribution is -2.34. The van der Waals surface area contributed by atoms with E-state index in [9.17, 15) is 4.21 Å². The zero-order valence-electron chi connectivity index (χ0n) is 11.1. The Balaban J connectivity index is 0.00000180. The number of benzene rings is 1. The molecule has 0 radical (unpaired) electrons. The van der Waals surface area contributed by atoms with Gasteiger partial charge in [0.25, 0.3) is 0 Å². The zero-order chi connectivity index (χ0) is 13.1. The van der Waals surface area contributed by atoms with Gasteiger partial charge in [-0.05, 0) is 37.5 Å². The maximum atomic E-state index is 11.3. The Morgan fingerprint density at radius 1 is 1.42 bits per heavy atom. The van der Waals surface area contributed by atoms with Gasteiger partial charge in [-0.15, -0.1) is 24.0 Å². The van der Waals surface area contributed by atoms with E-state index in [-0.39, 0.29) is 30.0 Å². The molecule has 19 heavy (non-hydrogen) atoms. The van der Waals surface area contributed by atoms with Gasteiger partial charge in [0.1, 0.15) is 0 Å². The molecule has 0 amide bonds. The van der Waals surface area contributed by atoms with Crippen molar-refractivity contribution in [2.75, 3.05) is 6.26 Å². The number of nitrogens with zero attached hydrogens (tertiary/aromatic N) is 1. The Hall–Kier alpha value is -0.630. The van der Waals surface area contributed by atoms with Crippen molar-refractivity contribution in [1.29, 1.82) is 0 Å². The monoisotopic (exact) mass is 393 g/mol. The maximum absolute atomic E-state index is 11.3. The standard InChI is InChI=1S/C13H19N3OS.HI/c1-9(15-13(14)16-11-5-6-11)10-3-7-12(8-4-10)18(2)17;/h3-4,7-9,11H,5-6H2,1-2H3,(H3,14,15,16);1H. The molecule has 1 saturated carbocycles. The Bertz CT molecular complexity index is 471. The fourth-order valence-electron chi connectivity index (χ4n) is 1.69. The van der Waals surface area contributed by atoms with Gasteiger partial charge < -0.3 is 11.1 Å². The van der Waals surface area contributed by atoms with Crippen molar-refractivity contribution in [2.24, 2.45) is 10.7 Å². The van der Waals surface area contributed by atoms with E-state index < -0.39 is 10.8 Å². The number of rotatable bonds is 4. The fourth-order valence-corrected chi connectivity index (χ4v) is 2.21. The van der Waals surface area contributed by atoms with E-state index in [1.54, 1.807) is 6.26 Å². The predicted molar refractivity (Wildman–Crippen MR) is 90.4 cm³/mol. The smallest absolute Gasteiger partial charge is 0.189 e. The first-order valence-electron chi connectivity index (χ1n) is 6.09. The summed E-state index contributed by atoms with van der Waals surface area (Å²) in [5, 5.41) is 3.17. The number of hydrogen-bond acceptors (Lipinski definition) is 2. The molecule has 0 aromatic heterocycles. The molecule has 1 aromatic rings. The topological polar surface area (TPSA) is 67.5 Å². The van der Waals surface area contributed by atoms with Crippen LogP contribution in [0.5, 0.6) is 0 Å². The molecule has 0 saturated heterocycles. The summed E-state index contributed by atoms with van der Waals surface area (Å²) in [4.78, 5) is 5.17. The number of guanidine groups is 1. The first-order chi connectivity index (χ1) is 8.56. The number of nitrogens with two attached hydrogens (primary N) is 1. The van der Waals surface area contributed by atoms with Gasteiger partial charge in [0, 0.05) is 22.0 Å². The quantitative estimate of drug-likeness (QED) is 0.468. The van der Waals surface area contributed by atoms with Crippen LogP contribution >= 0.6 is 24.0 Å². The summed E-state index contributed by atoms with van der Waals surface area (Å²) in [5.41, 5.74) is 6.93. The molecular weight excluding hydrogens is 373 g/mol. The van der Waals surface area contributed by atoms with Gasteiger partial charge in [0.05, 0.1) is 12.1 Å². The summed E-state index contributed by atoms with van der Waals surface area (Å²) in [7, 11) is -0.930. The van der Waals surface area contributed by atoms with E-state index in [2.05, 4.69) is 10.3 Å². The second kappa shape index (κ2) is 7.23. The Morgan fingerprint density at radius 2 is 2.00 bits per heavy atom. The lowest BCUT2D eigenvalue weighted by Gasteiger charge is -2.15. The van der Waals surface area contributed by atoms with Gasteiger partial charge in [0.15, 0.2) is 5.96 Å². The number of aliphatic imine (C=N–C) groups is 1. The Morgan fingerprint density at radius 3 is 2.47 bits per heavy atom. The largest absolute Gasteiger partial charge is 0.370 e. The number of halogens is 1. The van der Waals surface area contributed by atoms with Crippen molar-refractivity contribution in [3.8, 4) is 0 Å². The van der Waals surface area contributed by atoms with Crippen LogP contribution in [0.15, 0.2) is 34.2 Å². The first-order valence-corrected chi connectivity index (χ1v) is 7.65. The number of hydrogen-bond donors (Lipinski definition) is 2. The molecule has 0 aliphatic heterocycles. The van der Waals surface area contributed by atoms with E-state index in [0.717, 1.165) is 23.3 Å². The molecular formula is C13H20IN3OS. The average Bonchev–Trinajstić information content (AvgIpc) is 3.12. The van der Waals surface area contributed by atoms with Crippen LogP contribution < -0.4 is 11.1 Å². The highest BCUT2D eigenvalue weighted by molar-refractivity contribution is 14.0. The molecule has 6 heteroatoms. The van der Waals surface area contributed by atoms with Crippen LogP contribution in [0.1, 0.15) is 31.4 Å². The van der Waals surface area contributed by atoms with Crippen molar-refractivity contribution >= 4 is 40.7 Å². The van der Waals surface area contributed by atoms with Crippen LogP contribution in [0.2, 0.25) is 0 Å². The average molecular weight is 393 g/mol. The van der Waals surface area contributed by atoms with Gasteiger partial charge in [-0.25, -0.2) is 0 Å². The highest BCUT2D eigenvalue weighted by atomic mass is 127. The normalized spacial score (nSPS) is 18.3. The third-order valence-corrected chi connectivity index (χ3v) is 3.88. The van der Waals surface area contributed by atoms with Gasteiger partial charge in [-0.1, -0.05) is 12.1 Å². The van der Waals surface area contributed by atoms with Crippen LogP contribution in [0, 0.1) is 0 Å². The van der Waals surface area contributed by atoms with Crippen LogP contribution in [0.3, 0.4) is 0 Å². The molecule has 2 rings (SSSR count). The van der Waals surface area contributed by atoms with E-state index >= 15 is 0 Å². The molecule has 0 heterocycles. The second-order valence-corrected chi connectivity index (χ2v) is 6.01. The van der Waals surface area contributed by atoms with Crippen LogP contribution in [-0.2, 0) is 10.8 Å². The molecule has 1 aliphatic rings. The van der Waals surface area contributed by atoms with Crippen LogP contribution in [0.4, 0.5) is 0 Å². The van der Waals surface area contributed by atoms with Crippen molar-refractivity contribution < 1.29 is 4.21 Å². The molecule has 0 bridgehead atoms. The minimum Gasteiger partial charge on any atom is -0.370 e. The van der Waals surface area contributed by atoms with Gasteiger partial charge in [-0.3, -0.25) is 9.20 Å². The molecule has 106 valence electrons. The third-order valence-electron chi connectivity index (χ3n) is 2.94. The van der Waals surface area contributed by atoms with Crippen LogP contribution in [0.25, 0.3) is 0 Å². The molecule has 0 spiro atoms. The summed E-state index contributed by atoms with van der Waals surface area (Å²) in [5.74, 6) is 0.508. The molecule has 1 aliphatic carbocycles. The van der Waals surface area contributed by atoms with Gasteiger partial charge in [0.2, 0.25) is 0 Å². The number of nitrogens with one attached hydrogen (secondary N) is 1. The van der Waals surface area contributed by atoms with E-state index in [4.69, 9.17) is 5.73 Å². The van der Waals surface area contributed by atoms with E-state index in [0.29, 0.717) is 12.0 Å². The van der Waals surface area contributed by atoms with E-state index in [1.807, 2.05) is 31.2 Å². The lowest BCUT2D eigenvalue weighted by molar-refractivity contribution is 0.686. The zero-order valence-corrected chi connectivity index (χ0v) is 14.3. The predicted octanol–water partition coefficient (Wildman–Crippen LogP) is 2.17. The van der Waals surface area contributed by atoms with Gasteiger partial charge in [-0.2, -0.15) is 0 Å². The Kier molecular flexibility index (Phi) is 6.25. The minimum absolute atomic E-state index is 0. The maximum Gasteiger partial charge on any atom is 0.189 e. The molecule has 4 nitrogen and oxygen atoms in total. The summed E-state index contributed by atoms with van der Waals surface area (Å²) in [6.45, 7) is 2.03. The van der Waals surface area contributed by atoms with Gasteiger partial charge >= 0.3 is 0 Å². The molecule has 3 N–H and O–H groups in total. The molecule has 2 atom stereocenters. The minimum atomic E-state index is -0.930. The fraction of sp³-hybridized carbons (Fsp3) is 0.462. The second-order valence-electron chi connectivity index (χ2n) is 4.63. The highest BCUT2D eigenvalue weighted by Gasteiger charge is 2.20. The summed E-state index contributed by atoms with van der Waals surface area (Å²) >= 11 is 0. The lowest BCUT2D eigenvalue weighted by atomic mass is 10.1. The highest BCUT2D eigenvalue weighted by Crippen LogP contribution is 2.23. The summed E-state index contributed by atoms with van der Waals surface area (Å²) < 4.78 is 11.3. The molecule has 2 unspecified atom stereocenters.